The van der Waals surface area contributed by atoms with E-state index < -0.39 is 0 Å². The Kier molecular flexibility index (Phi) is 6.23. The predicted octanol–water partition coefficient (Wildman–Crippen LogP) is 2.85. The highest BCUT2D eigenvalue weighted by Gasteiger charge is 2.26. The van der Waals surface area contributed by atoms with Gasteiger partial charge in [0.2, 0.25) is 0 Å². The van der Waals surface area contributed by atoms with Gasteiger partial charge in [0.1, 0.15) is 23.9 Å². The molecule has 1 aromatic carbocycles. The molecule has 0 radical (unpaired) electrons. The van der Waals surface area contributed by atoms with Crippen molar-refractivity contribution in [3.63, 3.8) is 0 Å². The largest absolute Gasteiger partial charge is 0.486 e. The van der Waals surface area contributed by atoms with Gasteiger partial charge in [0.25, 0.3) is 5.91 Å². The smallest absolute Gasteiger partial charge is 0.289 e. The summed E-state index contributed by atoms with van der Waals surface area (Å²) >= 11 is 0. The highest BCUT2D eigenvalue weighted by atomic mass is 35.5. The Balaban J connectivity index is 0.00000208. The summed E-state index contributed by atoms with van der Waals surface area (Å²) in [6.45, 7) is 4.44. The number of hydrogen-bond donors (Lipinski definition) is 1. The lowest BCUT2D eigenvalue weighted by atomic mass is 10.2. The van der Waals surface area contributed by atoms with Gasteiger partial charge in [0.15, 0.2) is 5.76 Å². The van der Waals surface area contributed by atoms with E-state index in [-0.39, 0.29) is 36.8 Å². The Bertz CT molecular complexity index is 675. The molecule has 1 atom stereocenters. The molecule has 1 fully saturated rings. The van der Waals surface area contributed by atoms with E-state index in [2.05, 4.69) is 5.32 Å². The van der Waals surface area contributed by atoms with Gasteiger partial charge in [-0.25, -0.2) is 4.39 Å². The van der Waals surface area contributed by atoms with Crippen LogP contribution in [-0.4, -0.2) is 36.5 Å². The number of rotatable bonds is 4. The van der Waals surface area contributed by atoms with Crippen molar-refractivity contribution in [2.45, 2.75) is 19.6 Å². The summed E-state index contributed by atoms with van der Waals surface area (Å²) in [4.78, 5) is 14.3. The van der Waals surface area contributed by atoms with Crippen molar-refractivity contribution < 1.29 is 18.3 Å². The SMILES string of the molecule is C[C@@H]1CNCCN1C(=O)c1ccc(COc2ccc(F)cc2)o1.Cl. The number of furan rings is 1. The molecule has 7 heteroatoms. The zero-order chi connectivity index (χ0) is 16.2. The second kappa shape index (κ2) is 8.17. The van der Waals surface area contributed by atoms with Gasteiger partial charge in [-0.3, -0.25) is 4.79 Å². The fourth-order valence-electron chi connectivity index (χ4n) is 2.54. The maximum atomic E-state index is 12.8. The molecule has 1 amide bonds. The van der Waals surface area contributed by atoms with Crippen LogP contribution in [0.2, 0.25) is 0 Å². The molecule has 1 N–H and O–H groups in total. The van der Waals surface area contributed by atoms with Gasteiger partial charge in [-0.05, 0) is 43.3 Å². The molecule has 5 nitrogen and oxygen atoms in total. The maximum Gasteiger partial charge on any atom is 0.289 e. The highest BCUT2D eigenvalue weighted by molar-refractivity contribution is 5.91. The fourth-order valence-corrected chi connectivity index (χ4v) is 2.54. The number of piperazine rings is 1. The number of hydrogen-bond acceptors (Lipinski definition) is 4. The van der Waals surface area contributed by atoms with Gasteiger partial charge in [-0.1, -0.05) is 0 Å². The van der Waals surface area contributed by atoms with E-state index in [1.807, 2.05) is 6.92 Å². The van der Waals surface area contributed by atoms with Crippen LogP contribution in [0.1, 0.15) is 23.2 Å². The van der Waals surface area contributed by atoms with Crippen LogP contribution in [0.5, 0.6) is 5.75 Å². The Hall–Kier alpha value is -2.05. The van der Waals surface area contributed by atoms with E-state index in [1.54, 1.807) is 29.2 Å². The van der Waals surface area contributed by atoms with Crippen LogP contribution in [-0.2, 0) is 6.61 Å². The molecule has 1 aliphatic rings. The van der Waals surface area contributed by atoms with Gasteiger partial charge in [0.05, 0.1) is 0 Å². The number of halogens is 2. The Morgan fingerprint density at radius 3 is 2.79 bits per heavy atom. The molecular formula is C17H20ClFN2O3. The minimum absolute atomic E-state index is 0. The third kappa shape index (κ3) is 4.27. The number of amides is 1. The second-order valence-corrected chi connectivity index (χ2v) is 5.56. The third-order valence-corrected chi connectivity index (χ3v) is 3.83. The second-order valence-electron chi connectivity index (χ2n) is 5.56. The van der Waals surface area contributed by atoms with Crippen LogP contribution >= 0.6 is 12.4 Å². The number of nitrogens with zero attached hydrogens (tertiary/aromatic N) is 1. The quantitative estimate of drug-likeness (QED) is 0.917. The first-order chi connectivity index (χ1) is 11.1. The van der Waals surface area contributed by atoms with E-state index in [0.29, 0.717) is 23.8 Å². The van der Waals surface area contributed by atoms with Crippen molar-refractivity contribution in [2.24, 2.45) is 0 Å². The molecule has 24 heavy (non-hydrogen) atoms. The van der Waals surface area contributed by atoms with Crippen LogP contribution in [0.25, 0.3) is 0 Å². The Morgan fingerprint density at radius 2 is 2.08 bits per heavy atom. The maximum absolute atomic E-state index is 12.8. The van der Waals surface area contributed by atoms with Crippen LogP contribution < -0.4 is 10.1 Å². The van der Waals surface area contributed by atoms with Crippen molar-refractivity contribution in [3.05, 3.63) is 53.7 Å². The third-order valence-electron chi connectivity index (χ3n) is 3.83. The Labute approximate surface area is 146 Å². The van der Waals surface area contributed by atoms with Gasteiger partial charge in [-0.15, -0.1) is 12.4 Å². The normalized spacial score (nSPS) is 17.2. The average molecular weight is 355 g/mol. The summed E-state index contributed by atoms with van der Waals surface area (Å²) in [7, 11) is 0. The lowest BCUT2D eigenvalue weighted by Crippen LogP contribution is -2.52. The van der Waals surface area contributed by atoms with Gasteiger partial charge in [-0.2, -0.15) is 0 Å². The molecule has 0 saturated carbocycles. The average Bonchev–Trinajstić information content (AvgIpc) is 3.03. The summed E-state index contributed by atoms with van der Waals surface area (Å²) in [5.41, 5.74) is 0. The zero-order valence-corrected chi connectivity index (χ0v) is 14.1. The summed E-state index contributed by atoms with van der Waals surface area (Å²) in [6.07, 6.45) is 0. The molecule has 2 heterocycles. The molecule has 130 valence electrons. The summed E-state index contributed by atoms with van der Waals surface area (Å²) in [6, 6.07) is 9.29. The van der Waals surface area contributed by atoms with E-state index >= 15 is 0 Å². The summed E-state index contributed by atoms with van der Waals surface area (Å²) in [5, 5.41) is 3.25. The van der Waals surface area contributed by atoms with E-state index in [0.717, 1.165) is 13.1 Å². The van der Waals surface area contributed by atoms with E-state index in [9.17, 15) is 9.18 Å². The van der Waals surface area contributed by atoms with Crippen molar-refractivity contribution in [3.8, 4) is 5.75 Å². The van der Waals surface area contributed by atoms with Gasteiger partial charge in [0, 0.05) is 25.7 Å². The first kappa shape index (κ1) is 18.3. The first-order valence-electron chi connectivity index (χ1n) is 7.62. The molecule has 1 aliphatic heterocycles. The van der Waals surface area contributed by atoms with Gasteiger partial charge >= 0.3 is 0 Å². The van der Waals surface area contributed by atoms with E-state index in [4.69, 9.17) is 9.15 Å². The van der Waals surface area contributed by atoms with Crippen molar-refractivity contribution >= 4 is 18.3 Å². The summed E-state index contributed by atoms with van der Waals surface area (Å²) in [5.74, 6) is 1.00. The Morgan fingerprint density at radius 1 is 1.33 bits per heavy atom. The molecule has 1 aromatic heterocycles. The molecule has 1 saturated heterocycles. The number of carbonyl (C=O) groups excluding carboxylic acids is 1. The van der Waals surface area contributed by atoms with Crippen LogP contribution in [0, 0.1) is 5.82 Å². The minimum atomic E-state index is -0.312. The topological polar surface area (TPSA) is 54.7 Å². The molecule has 0 bridgehead atoms. The minimum Gasteiger partial charge on any atom is -0.486 e. The molecular weight excluding hydrogens is 335 g/mol. The fraction of sp³-hybridized carbons (Fsp3) is 0.353. The molecule has 0 unspecified atom stereocenters. The van der Waals surface area contributed by atoms with Crippen molar-refractivity contribution in [2.75, 3.05) is 19.6 Å². The number of carbonyl (C=O) groups is 1. The van der Waals surface area contributed by atoms with E-state index in [1.165, 1.54) is 12.1 Å². The lowest BCUT2D eigenvalue weighted by Gasteiger charge is -2.33. The predicted molar refractivity (Wildman–Crippen MR) is 90.1 cm³/mol. The highest BCUT2D eigenvalue weighted by Crippen LogP contribution is 2.17. The van der Waals surface area contributed by atoms with Gasteiger partial charge < -0.3 is 19.4 Å². The number of benzene rings is 1. The van der Waals surface area contributed by atoms with Crippen LogP contribution in [0.4, 0.5) is 4.39 Å². The zero-order valence-electron chi connectivity index (χ0n) is 13.3. The summed E-state index contributed by atoms with van der Waals surface area (Å²) < 4.78 is 23.9. The lowest BCUT2D eigenvalue weighted by molar-refractivity contribution is 0.0619. The standard InChI is InChI=1S/C17H19FN2O3.ClH/c1-12-10-19-8-9-20(12)17(21)16-7-6-15(23-16)11-22-14-4-2-13(18)3-5-14;/h2-7,12,19H,8-11H2,1H3;1H/t12-;/m1./s1. The first-order valence-corrected chi connectivity index (χ1v) is 7.62. The van der Waals surface area contributed by atoms with Crippen LogP contribution in [0.15, 0.2) is 40.8 Å². The molecule has 3 rings (SSSR count). The van der Waals surface area contributed by atoms with Crippen LogP contribution in [0.3, 0.4) is 0 Å². The molecule has 0 spiro atoms. The number of nitrogens with one attached hydrogen (secondary N) is 1. The molecule has 0 aliphatic carbocycles. The monoisotopic (exact) mass is 354 g/mol. The number of ether oxygens (including phenoxy) is 1. The van der Waals surface area contributed by atoms with Crippen molar-refractivity contribution in [1.29, 1.82) is 0 Å². The van der Waals surface area contributed by atoms with Crippen molar-refractivity contribution in [1.82, 2.24) is 10.2 Å². The molecule has 2 aromatic rings.